The van der Waals surface area contributed by atoms with E-state index in [2.05, 4.69) is 4.98 Å². The van der Waals surface area contributed by atoms with Crippen molar-refractivity contribution >= 4 is 17.7 Å². The van der Waals surface area contributed by atoms with E-state index in [1.54, 1.807) is 18.3 Å². The van der Waals surface area contributed by atoms with Crippen LogP contribution in [-0.4, -0.2) is 4.98 Å². The van der Waals surface area contributed by atoms with Gasteiger partial charge in [0.05, 0.1) is 5.02 Å². The molecule has 0 fully saturated rings. The number of nitrogens with zero attached hydrogens (tertiary/aromatic N) is 1. The fourth-order valence-corrected chi connectivity index (χ4v) is 1.54. The molecule has 1 heterocycles. The first-order valence-corrected chi connectivity index (χ1v) is 5.68. The molecule has 17 heavy (non-hydrogen) atoms. The second-order valence-electron chi connectivity index (χ2n) is 3.45. The lowest BCUT2D eigenvalue weighted by Gasteiger charge is -2.07. The maximum atomic E-state index is 5.77. The Morgan fingerprint density at radius 2 is 2.00 bits per heavy atom. The van der Waals surface area contributed by atoms with Gasteiger partial charge in [-0.3, -0.25) is 0 Å². The Bertz CT molecular complexity index is 520. The number of rotatable bonds is 3. The quantitative estimate of drug-likeness (QED) is 0.791. The van der Waals surface area contributed by atoms with Gasteiger partial charge in [-0.05, 0) is 19.1 Å². The Morgan fingerprint density at radius 3 is 2.71 bits per heavy atom. The predicted octanol–water partition coefficient (Wildman–Crippen LogP) is 4.56. The standard InChI is InChI=1S/C14H12ClNO/c1-2-5-11-6-3-4-7-13(11)17-14-9-8-12(15)10-16-14/h2-10H,1H3. The fraction of sp³-hybridized carbons (Fsp3) is 0.0714. The smallest absolute Gasteiger partial charge is 0.219 e. The first-order valence-electron chi connectivity index (χ1n) is 5.31. The third-order valence-electron chi connectivity index (χ3n) is 2.18. The monoisotopic (exact) mass is 245 g/mol. The van der Waals surface area contributed by atoms with Crippen molar-refractivity contribution in [1.29, 1.82) is 0 Å². The summed E-state index contributed by atoms with van der Waals surface area (Å²) in [4.78, 5) is 4.10. The van der Waals surface area contributed by atoms with Crippen molar-refractivity contribution in [3.05, 3.63) is 59.3 Å². The van der Waals surface area contributed by atoms with Crippen LogP contribution in [0.5, 0.6) is 11.6 Å². The molecule has 0 N–H and O–H groups in total. The minimum atomic E-state index is 0.534. The fourth-order valence-electron chi connectivity index (χ4n) is 1.43. The van der Waals surface area contributed by atoms with Crippen LogP contribution in [0.25, 0.3) is 6.08 Å². The van der Waals surface area contributed by atoms with Crippen LogP contribution in [0.4, 0.5) is 0 Å². The summed E-state index contributed by atoms with van der Waals surface area (Å²) in [6, 6.07) is 11.3. The summed E-state index contributed by atoms with van der Waals surface area (Å²) >= 11 is 5.77. The van der Waals surface area contributed by atoms with Gasteiger partial charge in [0, 0.05) is 17.8 Å². The number of hydrogen-bond donors (Lipinski definition) is 0. The molecule has 0 aliphatic rings. The van der Waals surface area contributed by atoms with Crippen LogP contribution in [0.3, 0.4) is 0 Å². The summed E-state index contributed by atoms with van der Waals surface area (Å²) < 4.78 is 5.70. The number of aromatic nitrogens is 1. The summed E-state index contributed by atoms with van der Waals surface area (Å²) in [5.41, 5.74) is 1.02. The van der Waals surface area contributed by atoms with Crippen LogP contribution in [0.2, 0.25) is 5.02 Å². The van der Waals surface area contributed by atoms with E-state index >= 15 is 0 Å². The Morgan fingerprint density at radius 1 is 1.18 bits per heavy atom. The third kappa shape index (κ3) is 3.08. The van der Waals surface area contributed by atoms with E-state index in [0.717, 1.165) is 11.3 Å². The van der Waals surface area contributed by atoms with Gasteiger partial charge in [-0.15, -0.1) is 0 Å². The molecule has 1 aromatic heterocycles. The second-order valence-corrected chi connectivity index (χ2v) is 3.89. The number of para-hydroxylation sites is 1. The highest BCUT2D eigenvalue weighted by Crippen LogP contribution is 2.25. The molecule has 0 spiro atoms. The van der Waals surface area contributed by atoms with Gasteiger partial charge in [-0.1, -0.05) is 42.0 Å². The van der Waals surface area contributed by atoms with Gasteiger partial charge >= 0.3 is 0 Å². The van der Waals surface area contributed by atoms with Crippen molar-refractivity contribution in [3.63, 3.8) is 0 Å². The Hall–Kier alpha value is -1.80. The van der Waals surface area contributed by atoms with Gasteiger partial charge in [0.2, 0.25) is 5.88 Å². The molecule has 86 valence electrons. The van der Waals surface area contributed by atoms with Crippen LogP contribution in [0.15, 0.2) is 48.7 Å². The SMILES string of the molecule is CC=Cc1ccccc1Oc1ccc(Cl)cn1. The lowest BCUT2D eigenvalue weighted by atomic mass is 10.2. The molecule has 0 saturated heterocycles. The molecular formula is C14H12ClNO. The van der Waals surface area contributed by atoms with Crippen LogP contribution < -0.4 is 4.74 Å². The highest BCUT2D eigenvalue weighted by Gasteiger charge is 2.02. The highest BCUT2D eigenvalue weighted by molar-refractivity contribution is 6.30. The average Bonchev–Trinajstić information content (AvgIpc) is 2.35. The molecule has 0 saturated carbocycles. The topological polar surface area (TPSA) is 22.1 Å². The largest absolute Gasteiger partial charge is 0.438 e. The average molecular weight is 246 g/mol. The predicted molar refractivity (Wildman–Crippen MR) is 70.5 cm³/mol. The van der Waals surface area contributed by atoms with E-state index in [-0.39, 0.29) is 0 Å². The minimum absolute atomic E-state index is 0.534. The number of halogens is 1. The van der Waals surface area contributed by atoms with Crippen LogP contribution in [0, 0.1) is 0 Å². The Labute approximate surface area is 106 Å². The van der Waals surface area contributed by atoms with Gasteiger partial charge in [0.1, 0.15) is 5.75 Å². The Kier molecular flexibility index (Phi) is 3.78. The zero-order valence-electron chi connectivity index (χ0n) is 9.43. The van der Waals surface area contributed by atoms with Crippen molar-refractivity contribution < 1.29 is 4.74 Å². The molecular weight excluding hydrogens is 234 g/mol. The van der Waals surface area contributed by atoms with E-state index in [4.69, 9.17) is 16.3 Å². The molecule has 0 atom stereocenters. The zero-order valence-corrected chi connectivity index (χ0v) is 10.2. The minimum Gasteiger partial charge on any atom is -0.438 e. The molecule has 0 unspecified atom stereocenters. The summed E-state index contributed by atoms with van der Waals surface area (Å²) in [5, 5.41) is 0.596. The third-order valence-corrected chi connectivity index (χ3v) is 2.40. The van der Waals surface area contributed by atoms with Gasteiger partial charge in [-0.2, -0.15) is 0 Å². The van der Waals surface area contributed by atoms with Crippen LogP contribution in [0.1, 0.15) is 12.5 Å². The first-order chi connectivity index (χ1) is 8.29. The molecule has 0 aliphatic carbocycles. The molecule has 2 rings (SSSR count). The van der Waals surface area contributed by atoms with E-state index in [1.807, 2.05) is 43.3 Å². The normalized spacial score (nSPS) is 10.7. The number of ether oxygens (including phenoxy) is 1. The van der Waals surface area contributed by atoms with Gasteiger partial charge < -0.3 is 4.74 Å². The van der Waals surface area contributed by atoms with Crippen molar-refractivity contribution in [2.24, 2.45) is 0 Å². The van der Waals surface area contributed by atoms with E-state index in [0.29, 0.717) is 10.9 Å². The van der Waals surface area contributed by atoms with E-state index in [9.17, 15) is 0 Å². The highest BCUT2D eigenvalue weighted by atomic mass is 35.5. The molecule has 1 aromatic carbocycles. The summed E-state index contributed by atoms with van der Waals surface area (Å²) in [7, 11) is 0. The van der Waals surface area contributed by atoms with Gasteiger partial charge in [-0.25, -0.2) is 4.98 Å². The maximum absolute atomic E-state index is 5.77. The molecule has 3 heteroatoms. The van der Waals surface area contributed by atoms with Crippen LogP contribution in [-0.2, 0) is 0 Å². The zero-order chi connectivity index (χ0) is 12.1. The number of benzene rings is 1. The molecule has 0 bridgehead atoms. The molecule has 2 nitrogen and oxygen atoms in total. The molecule has 0 amide bonds. The summed E-state index contributed by atoms with van der Waals surface area (Å²) in [5.74, 6) is 1.31. The molecule has 2 aromatic rings. The van der Waals surface area contributed by atoms with Crippen molar-refractivity contribution in [2.75, 3.05) is 0 Å². The number of hydrogen-bond acceptors (Lipinski definition) is 2. The van der Waals surface area contributed by atoms with Gasteiger partial charge in [0.25, 0.3) is 0 Å². The van der Waals surface area contributed by atoms with Crippen molar-refractivity contribution in [3.8, 4) is 11.6 Å². The van der Waals surface area contributed by atoms with Gasteiger partial charge in [0.15, 0.2) is 0 Å². The summed E-state index contributed by atoms with van der Waals surface area (Å²) in [6.07, 6.45) is 5.53. The number of pyridine rings is 1. The second kappa shape index (κ2) is 5.51. The van der Waals surface area contributed by atoms with Crippen molar-refractivity contribution in [2.45, 2.75) is 6.92 Å². The summed E-state index contributed by atoms with van der Waals surface area (Å²) in [6.45, 7) is 1.97. The van der Waals surface area contributed by atoms with Crippen LogP contribution >= 0.6 is 11.6 Å². The Balaban J connectivity index is 2.26. The number of allylic oxidation sites excluding steroid dienone is 1. The molecule has 0 aliphatic heterocycles. The van der Waals surface area contributed by atoms with Crippen molar-refractivity contribution in [1.82, 2.24) is 4.98 Å². The molecule has 0 radical (unpaired) electrons. The lowest BCUT2D eigenvalue weighted by molar-refractivity contribution is 0.462. The maximum Gasteiger partial charge on any atom is 0.219 e. The first kappa shape index (κ1) is 11.7. The lowest BCUT2D eigenvalue weighted by Crippen LogP contribution is -1.89. The van der Waals surface area contributed by atoms with E-state index < -0.39 is 0 Å². The van der Waals surface area contributed by atoms with E-state index in [1.165, 1.54) is 0 Å².